The van der Waals surface area contributed by atoms with Crippen LogP contribution in [0.1, 0.15) is 19.3 Å². The Kier molecular flexibility index (Phi) is 17.7. The molecule has 0 radical (unpaired) electrons. The molecule has 0 N–H and O–H groups in total. The summed E-state index contributed by atoms with van der Waals surface area (Å²) < 4.78 is 36.8. The number of amides is 2. The van der Waals surface area contributed by atoms with E-state index in [9.17, 15) is 14.4 Å². The average molecular weight is 465 g/mol. The summed E-state index contributed by atoms with van der Waals surface area (Å²) in [6, 6.07) is 0. The van der Waals surface area contributed by atoms with Crippen molar-refractivity contribution in [1.82, 2.24) is 5.06 Å². The summed E-state index contributed by atoms with van der Waals surface area (Å²) in [6.07, 6.45) is 0.0731. The fourth-order valence-corrected chi connectivity index (χ4v) is 2.30. The molecule has 12 nitrogen and oxygen atoms in total. The summed E-state index contributed by atoms with van der Waals surface area (Å²) in [5.41, 5.74) is 0. The van der Waals surface area contributed by atoms with Crippen LogP contribution < -0.4 is 0 Å². The van der Waals surface area contributed by atoms with Crippen molar-refractivity contribution in [2.75, 3.05) is 93.0 Å². The molecule has 0 spiro atoms. The quantitative estimate of drug-likeness (QED) is 0.155. The molecule has 1 rings (SSSR count). The summed E-state index contributed by atoms with van der Waals surface area (Å²) >= 11 is 0. The Hall–Kier alpha value is -1.67. The molecule has 1 aliphatic heterocycles. The topological polar surface area (TPSA) is 128 Å². The van der Waals surface area contributed by atoms with Gasteiger partial charge in [0.15, 0.2) is 0 Å². The van der Waals surface area contributed by atoms with Crippen molar-refractivity contribution >= 4 is 17.8 Å². The Morgan fingerprint density at radius 3 is 1.34 bits per heavy atom. The molecule has 0 aliphatic carbocycles. The smallest absolute Gasteiger partial charge is 0.335 e. The number of hydrogen-bond acceptors (Lipinski definition) is 11. The van der Waals surface area contributed by atoms with Crippen molar-refractivity contribution in [3.8, 4) is 0 Å². The van der Waals surface area contributed by atoms with E-state index in [0.717, 1.165) is 0 Å². The summed E-state index contributed by atoms with van der Waals surface area (Å²) in [5.74, 6) is -1.70. The van der Waals surface area contributed by atoms with E-state index in [1.165, 1.54) is 0 Å². The Labute approximate surface area is 188 Å². The molecule has 0 bridgehead atoms. The van der Waals surface area contributed by atoms with Crippen molar-refractivity contribution in [1.29, 1.82) is 0 Å². The summed E-state index contributed by atoms with van der Waals surface area (Å²) in [6.45, 7) is 5.74. The van der Waals surface area contributed by atoms with Crippen LogP contribution in [0.2, 0.25) is 0 Å². The van der Waals surface area contributed by atoms with Gasteiger partial charge in [-0.25, -0.2) is 4.79 Å². The fourth-order valence-electron chi connectivity index (χ4n) is 2.30. The van der Waals surface area contributed by atoms with Crippen LogP contribution in [0.3, 0.4) is 0 Å². The van der Waals surface area contributed by atoms with Crippen LogP contribution in [0, 0.1) is 0 Å². The highest BCUT2D eigenvalue weighted by Gasteiger charge is 2.32. The summed E-state index contributed by atoms with van der Waals surface area (Å²) in [5, 5.41) is 0.521. The molecule has 32 heavy (non-hydrogen) atoms. The molecule has 1 heterocycles. The van der Waals surface area contributed by atoms with Gasteiger partial charge < -0.3 is 38.0 Å². The summed E-state index contributed by atoms with van der Waals surface area (Å²) in [7, 11) is 1.63. The number of rotatable bonds is 22. The van der Waals surface area contributed by atoms with E-state index in [-0.39, 0.29) is 25.9 Å². The lowest BCUT2D eigenvalue weighted by atomic mass is 10.4. The lowest BCUT2D eigenvalue weighted by molar-refractivity contribution is -0.198. The SMILES string of the molecule is COCCOCCOCCOCCOCCOCCOCCC(=O)ON1C(=O)CCC1=O. The second-order valence-corrected chi connectivity index (χ2v) is 6.46. The first-order valence-corrected chi connectivity index (χ1v) is 10.7. The van der Waals surface area contributed by atoms with Crippen molar-refractivity contribution in [3.05, 3.63) is 0 Å². The van der Waals surface area contributed by atoms with Crippen molar-refractivity contribution in [3.63, 3.8) is 0 Å². The van der Waals surface area contributed by atoms with Crippen LogP contribution in [-0.2, 0) is 52.4 Å². The number of hydrogen-bond donors (Lipinski definition) is 0. The van der Waals surface area contributed by atoms with E-state index in [4.69, 9.17) is 38.0 Å². The van der Waals surface area contributed by atoms with Crippen LogP contribution in [0.15, 0.2) is 0 Å². The first kappa shape index (κ1) is 28.4. The maximum absolute atomic E-state index is 11.6. The minimum atomic E-state index is -0.691. The lowest BCUT2D eigenvalue weighted by Crippen LogP contribution is -2.32. The molecular weight excluding hydrogens is 430 g/mol. The molecule has 0 atom stereocenters. The van der Waals surface area contributed by atoms with Crippen LogP contribution in [0.4, 0.5) is 0 Å². The normalized spacial score (nSPS) is 13.8. The van der Waals surface area contributed by atoms with Gasteiger partial charge in [0.25, 0.3) is 11.8 Å². The predicted molar refractivity (Wildman–Crippen MR) is 109 cm³/mol. The highest BCUT2D eigenvalue weighted by molar-refractivity contribution is 6.01. The van der Waals surface area contributed by atoms with E-state index in [1.807, 2.05) is 0 Å². The zero-order valence-corrected chi connectivity index (χ0v) is 18.8. The maximum atomic E-state index is 11.6. The second-order valence-electron chi connectivity index (χ2n) is 6.46. The maximum Gasteiger partial charge on any atom is 0.335 e. The van der Waals surface area contributed by atoms with Gasteiger partial charge in [0.05, 0.1) is 92.3 Å². The number of hydroxylamine groups is 2. The highest BCUT2D eigenvalue weighted by Crippen LogP contribution is 2.12. The Morgan fingerprint density at radius 1 is 0.625 bits per heavy atom. The molecule has 0 unspecified atom stereocenters. The van der Waals surface area contributed by atoms with Gasteiger partial charge in [-0.2, -0.15) is 0 Å². The third-order valence-electron chi connectivity index (χ3n) is 3.94. The van der Waals surface area contributed by atoms with Crippen molar-refractivity contribution in [2.45, 2.75) is 19.3 Å². The standard InChI is InChI=1S/C20H35NO11/c1-25-6-7-27-10-11-29-14-15-31-17-16-30-13-12-28-9-8-26-5-4-20(24)32-21-18(22)2-3-19(21)23/h2-17H2,1H3. The van der Waals surface area contributed by atoms with Gasteiger partial charge in [0.2, 0.25) is 0 Å². The number of carbonyl (C=O) groups excluding carboxylic acids is 3. The van der Waals surface area contributed by atoms with Crippen molar-refractivity contribution < 1.29 is 52.4 Å². The van der Waals surface area contributed by atoms with Gasteiger partial charge in [-0.15, -0.1) is 5.06 Å². The first-order chi connectivity index (χ1) is 15.6. The van der Waals surface area contributed by atoms with E-state index in [2.05, 4.69) is 0 Å². The largest absolute Gasteiger partial charge is 0.382 e. The number of nitrogens with zero attached hydrogens (tertiary/aromatic N) is 1. The van der Waals surface area contributed by atoms with Gasteiger partial charge in [0.1, 0.15) is 0 Å². The number of imide groups is 1. The van der Waals surface area contributed by atoms with Crippen LogP contribution in [-0.4, -0.2) is 116 Å². The van der Waals surface area contributed by atoms with E-state index >= 15 is 0 Å². The second kappa shape index (κ2) is 20.0. The molecule has 12 heteroatoms. The monoisotopic (exact) mass is 465 g/mol. The van der Waals surface area contributed by atoms with Gasteiger partial charge in [-0.05, 0) is 0 Å². The first-order valence-electron chi connectivity index (χ1n) is 10.7. The van der Waals surface area contributed by atoms with E-state index in [0.29, 0.717) is 84.3 Å². The molecule has 0 saturated carbocycles. The Balaban J connectivity index is 1.74. The molecule has 0 aromatic heterocycles. The lowest BCUT2D eigenvalue weighted by Gasteiger charge is -2.12. The Bertz CT molecular complexity index is 502. The van der Waals surface area contributed by atoms with E-state index in [1.54, 1.807) is 7.11 Å². The minimum Gasteiger partial charge on any atom is -0.382 e. The molecule has 186 valence electrons. The Morgan fingerprint density at radius 2 is 0.969 bits per heavy atom. The predicted octanol–water partition coefficient (Wildman–Crippen LogP) is -0.270. The number of ether oxygens (including phenoxy) is 7. The fraction of sp³-hybridized carbons (Fsp3) is 0.850. The third kappa shape index (κ3) is 15.2. The zero-order chi connectivity index (χ0) is 23.3. The van der Waals surface area contributed by atoms with Gasteiger partial charge >= 0.3 is 5.97 Å². The summed E-state index contributed by atoms with van der Waals surface area (Å²) in [4.78, 5) is 38.9. The molecule has 1 aliphatic rings. The molecule has 1 saturated heterocycles. The number of carbonyl (C=O) groups is 3. The molecule has 1 fully saturated rings. The van der Waals surface area contributed by atoms with Gasteiger partial charge in [-0.3, -0.25) is 9.59 Å². The van der Waals surface area contributed by atoms with Crippen LogP contribution in [0.25, 0.3) is 0 Å². The van der Waals surface area contributed by atoms with Crippen LogP contribution >= 0.6 is 0 Å². The molecule has 0 aromatic carbocycles. The average Bonchev–Trinajstić information content (AvgIpc) is 3.09. The van der Waals surface area contributed by atoms with Crippen LogP contribution in [0.5, 0.6) is 0 Å². The van der Waals surface area contributed by atoms with Gasteiger partial charge in [-0.1, -0.05) is 0 Å². The third-order valence-corrected chi connectivity index (χ3v) is 3.94. The molecule has 0 aromatic rings. The minimum absolute atomic E-state index is 0.0621. The zero-order valence-electron chi connectivity index (χ0n) is 18.8. The van der Waals surface area contributed by atoms with E-state index < -0.39 is 17.8 Å². The molecule has 2 amide bonds. The van der Waals surface area contributed by atoms with Gasteiger partial charge in [0, 0.05) is 20.0 Å². The molecular formula is C20H35NO11. The van der Waals surface area contributed by atoms with Crippen molar-refractivity contribution in [2.24, 2.45) is 0 Å². The number of methoxy groups -OCH3 is 1. The highest BCUT2D eigenvalue weighted by atomic mass is 16.7.